The molecule has 1 atom stereocenters. The fourth-order valence-electron chi connectivity index (χ4n) is 6.45. The Morgan fingerprint density at radius 3 is 0.649 bits per heavy atom. The molecule has 0 spiro atoms. The molecular weight excluding hydrogens is 1010 g/mol. The quantitative estimate of drug-likeness (QED) is 0.0282. The number of rotatable bonds is 68. The largest absolute Gasteiger partial charge is 0.379 e. The van der Waals surface area contributed by atoms with Gasteiger partial charge in [-0.15, -0.1) is 0 Å². The molecule has 0 N–H and O–H groups in total. The summed E-state index contributed by atoms with van der Waals surface area (Å²) in [4.78, 5) is 37.2. The number of hydrogen-bond acceptors (Lipinski definition) is 22. The third-order valence-corrected chi connectivity index (χ3v) is 10.4. The maximum Gasteiger partial charge on any atom is 0.111 e. The smallest absolute Gasteiger partial charge is 0.111 e. The Labute approximate surface area is 466 Å². The predicted molar refractivity (Wildman–Crippen MR) is 293 cm³/mol. The van der Waals surface area contributed by atoms with E-state index in [1.165, 1.54) is 0 Å². The molecule has 0 aliphatic heterocycles. The molecule has 0 heterocycles. The van der Waals surface area contributed by atoms with Crippen LogP contribution in [-0.2, 0) is 95.6 Å². The number of hydrogen-bond donors (Lipinski definition) is 0. The van der Waals surface area contributed by atoms with Gasteiger partial charge in [0.15, 0.2) is 0 Å². The Morgan fingerprint density at radius 1 is 0.208 bits per heavy atom. The van der Waals surface area contributed by atoms with Gasteiger partial charge in [0.05, 0.1) is 152 Å². The molecule has 1 unspecified atom stereocenters. The number of ether oxygens (including phenoxy) is 14. The molecule has 0 aromatic carbocycles. The highest BCUT2D eigenvalue weighted by Gasteiger charge is 2.20. The van der Waals surface area contributed by atoms with E-state index >= 15 is 0 Å². The van der Waals surface area contributed by atoms with Gasteiger partial charge in [-0.05, 0) is 51.4 Å². The number of nitrogens with zero attached hydrogens (tertiary/aromatic N) is 2. The average Bonchev–Trinajstić information content (AvgIpc) is 3.43. The lowest BCUT2D eigenvalue weighted by molar-refractivity contribution is -0.335. The van der Waals surface area contributed by atoms with E-state index in [1.807, 2.05) is 20.8 Å². The highest BCUT2D eigenvalue weighted by molar-refractivity contribution is 4.67. The molecule has 0 aromatic heterocycles. The summed E-state index contributed by atoms with van der Waals surface area (Å²) < 4.78 is 84.2. The second-order valence-corrected chi connectivity index (χ2v) is 18.1. The Bertz CT molecular complexity index is 1020. The van der Waals surface area contributed by atoms with E-state index in [1.54, 1.807) is 0 Å². The van der Waals surface area contributed by atoms with Gasteiger partial charge in [-0.25, -0.2) is 29.3 Å². The van der Waals surface area contributed by atoms with Crippen molar-refractivity contribution in [2.24, 2.45) is 0 Å². The van der Waals surface area contributed by atoms with Crippen LogP contribution >= 0.6 is 0 Å². The topological polar surface area (TPSA) is 191 Å². The Hall–Kier alpha value is -0.880. The van der Waals surface area contributed by atoms with E-state index < -0.39 is 6.10 Å². The highest BCUT2D eigenvalue weighted by Crippen LogP contribution is 2.07. The molecule has 0 aliphatic rings. The minimum Gasteiger partial charge on any atom is -0.379 e. The van der Waals surface area contributed by atoms with E-state index in [0.717, 1.165) is 51.4 Å². The molecule has 464 valence electrons. The van der Waals surface area contributed by atoms with Crippen LogP contribution in [0.1, 0.15) is 107 Å². The molecule has 0 amide bonds. The van der Waals surface area contributed by atoms with Gasteiger partial charge in [-0.3, -0.25) is 9.80 Å². The van der Waals surface area contributed by atoms with Gasteiger partial charge in [0.1, 0.15) is 44.2 Å². The summed E-state index contributed by atoms with van der Waals surface area (Å²) in [6.07, 6.45) is 5.77. The first-order valence-corrected chi connectivity index (χ1v) is 29.4. The summed E-state index contributed by atoms with van der Waals surface area (Å²) in [6, 6.07) is 0. The van der Waals surface area contributed by atoms with Crippen molar-refractivity contribution in [2.75, 3.05) is 231 Å². The fourth-order valence-corrected chi connectivity index (χ4v) is 6.45. The second-order valence-electron chi connectivity index (χ2n) is 18.1. The van der Waals surface area contributed by atoms with Crippen molar-refractivity contribution < 1.29 is 95.6 Å². The van der Waals surface area contributed by atoms with Crippen molar-refractivity contribution in [1.29, 1.82) is 0 Å². The molecule has 0 rings (SSSR count). The zero-order valence-electron chi connectivity index (χ0n) is 49.8. The first-order chi connectivity index (χ1) is 38.0. The molecule has 0 saturated heterocycles. The van der Waals surface area contributed by atoms with Crippen molar-refractivity contribution in [2.45, 2.75) is 131 Å². The molecule has 0 aromatic rings. The van der Waals surface area contributed by atoms with Gasteiger partial charge in [0.25, 0.3) is 0 Å². The summed E-state index contributed by atoms with van der Waals surface area (Å²) >= 11 is 0. The van der Waals surface area contributed by atoms with Crippen molar-refractivity contribution in [3.05, 3.63) is 0 Å². The van der Waals surface area contributed by atoms with Crippen LogP contribution in [-0.4, -0.2) is 265 Å². The summed E-state index contributed by atoms with van der Waals surface area (Å²) in [5.41, 5.74) is 0. The van der Waals surface area contributed by atoms with E-state index in [2.05, 4.69) is 44.4 Å². The van der Waals surface area contributed by atoms with Crippen LogP contribution in [0.2, 0.25) is 0 Å². The molecule has 22 heteroatoms. The summed E-state index contributed by atoms with van der Waals surface area (Å²) in [6.45, 7) is 32.7. The van der Waals surface area contributed by atoms with E-state index in [4.69, 9.17) is 95.6 Å². The monoisotopic (exact) mass is 1120 g/mol. The van der Waals surface area contributed by atoms with Crippen LogP contribution < -0.4 is 0 Å². The van der Waals surface area contributed by atoms with Crippen molar-refractivity contribution in [3.8, 4) is 0 Å². The van der Waals surface area contributed by atoms with E-state index in [9.17, 15) is 0 Å². The average molecular weight is 1120 g/mol. The zero-order chi connectivity index (χ0) is 56.0. The minimum atomic E-state index is -0.446. The zero-order valence-corrected chi connectivity index (χ0v) is 49.8. The summed E-state index contributed by atoms with van der Waals surface area (Å²) in [5, 5.41) is 0. The first kappa shape index (κ1) is 76.1. The molecule has 0 saturated carbocycles. The van der Waals surface area contributed by atoms with Gasteiger partial charge < -0.3 is 66.3 Å². The highest BCUT2D eigenvalue weighted by atomic mass is 17.2. The van der Waals surface area contributed by atoms with E-state index in [0.29, 0.717) is 211 Å². The lowest BCUT2D eigenvalue weighted by Gasteiger charge is -2.32. The third-order valence-electron chi connectivity index (χ3n) is 10.4. The Balaban J connectivity index is 6.55. The lowest BCUT2D eigenvalue weighted by Crippen LogP contribution is -2.45. The van der Waals surface area contributed by atoms with Crippen molar-refractivity contribution in [1.82, 2.24) is 9.80 Å². The standard InChI is InChI=1S/C55H114N2O20/c1-9-21-58-33-38-63-43-52(44-64-39-34-59-22-10-2)68-29-17-56(18-30-69-53(45-65-40-35-60-23-11-3)46-66-41-36-61-24-12-4)51-57(20-32-71-55(49-76-73-27-15-7)50-77-74-28-16-8)19-31-70-54(48-75-72-26-14-6)47-67-42-37-62-25-13-5/h52-55H,9-51H2,1-8H3. The van der Waals surface area contributed by atoms with Crippen LogP contribution in [0.15, 0.2) is 0 Å². The van der Waals surface area contributed by atoms with Gasteiger partial charge >= 0.3 is 0 Å². The maximum atomic E-state index is 6.54. The minimum absolute atomic E-state index is 0.170. The second kappa shape index (κ2) is 64.3. The normalized spacial score (nSPS) is 12.6. The van der Waals surface area contributed by atoms with Gasteiger partial charge in [0.2, 0.25) is 0 Å². The maximum absolute atomic E-state index is 6.54. The summed E-state index contributed by atoms with van der Waals surface area (Å²) in [5.74, 6) is 0. The third kappa shape index (κ3) is 55.4. The van der Waals surface area contributed by atoms with Crippen LogP contribution in [0.25, 0.3) is 0 Å². The Morgan fingerprint density at radius 2 is 0.416 bits per heavy atom. The molecule has 0 fully saturated rings. The van der Waals surface area contributed by atoms with Crippen LogP contribution in [0, 0.1) is 0 Å². The molecule has 22 nitrogen and oxygen atoms in total. The SMILES string of the molecule is CCCOCCOCC(COCCOCCC)OCCN(CCOC(COCCOCCC)COCCOCCC)CN(CCOC(COCCOCCC)COOCCC)CCOC(COOCCC)COOCCC. The van der Waals surface area contributed by atoms with Gasteiger partial charge in [-0.1, -0.05) is 55.4 Å². The predicted octanol–water partition coefficient (Wildman–Crippen LogP) is 6.38. The van der Waals surface area contributed by atoms with Crippen molar-refractivity contribution >= 4 is 0 Å². The van der Waals surface area contributed by atoms with Crippen molar-refractivity contribution in [3.63, 3.8) is 0 Å². The van der Waals surface area contributed by atoms with Crippen LogP contribution in [0.5, 0.6) is 0 Å². The molecule has 0 bridgehead atoms. The first-order valence-electron chi connectivity index (χ1n) is 29.4. The molecule has 77 heavy (non-hydrogen) atoms. The lowest BCUT2D eigenvalue weighted by atomic mass is 10.4. The van der Waals surface area contributed by atoms with Crippen LogP contribution in [0.3, 0.4) is 0 Å². The van der Waals surface area contributed by atoms with Crippen LogP contribution in [0.4, 0.5) is 0 Å². The molecule has 0 radical (unpaired) electrons. The Kier molecular flexibility index (Phi) is 63.6. The van der Waals surface area contributed by atoms with Gasteiger partial charge in [-0.2, -0.15) is 0 Å². The van der Waals surface area contributed by atoms with E-state index in [-0.39, 0.29) is 38.1 Å². The fraction of sp³-hybridized carbons (Fsp3) is 1.00. The van der Waals surface area contributed by atoms with Gasteiger partial charge in [0, 0.05) is 59.2 Å². The molecular formula is C55H114N2O20. The molecule has 0 aliphatic carbocycles. The summed E-state index contributed by atoms with van der Waals surface area (Å²) in [7, 11) is 0.